The number of hydrogen-bond acceptors (Lipinski definition) is 6. The van der Waals surface area contributed by atoms with Crippen molar-refractivity contribution in [3.63, 3.8) is 0 Å². The van der Waals surface area contributed by atoms with Gasteiger partial charge in [-0.3, -0.25) is 19.3 Å². The highest BCUT2D eigenvalue weighted by molar-refractivity contribution is 8.18. The first-order valence-electron chi connectivity index (χ1n) is 11.3. The Bertz CT molecular complexity index is 1340. The molecule has 4 rings (SSSR count). The van der Waals surface area contributed by atoms with Gasteiger partial charge in [0, 0.05) is 15.7 Å². The van der Waals surface area contributed by atoms with E-state index >= 15 is 0 Å². The number of benzene rings is 3. The molecule has 3 aromatic rings. The minimum absolute atomic E-state index is 0.161. The van der Waals surface area contributed by atoms with Crippen molar-refractivity contribution < 1.29 is 23.9 Å². The second-order valence-corrected chi connectivity index (χ2v) is 9.74. The Morgan fingerprint density at radius 3 is 2.30 bits per heavy atom. The van der Waals surface area contributed by atoms with Crippen LogP contribution in [-0.4, -0.2) is 35.2 Å². The Morgan fingerprint density at radius 1 is 0.946 bits per heavy atom. The van der Waals surface area contributed by atoms with Crippen molar-refractivity contribution in [2.75, 3.05) is 18.5 Å². The number of ether oxygens (including phenoxy) is 2. The van der Waals surface area contributed by atoms with E-state index in [-0.39, 0.29) is 30.2 Å². The highest BCUT2D eigenvalue weighted by atomic mass is 35.5. The minimum atomic E-state index is -0.373. The number of carbonyl (C=O) groups excluding carboxylic acids is 3. The van der Waals surface area contributed by atoms with Crippen molar-refractivity contribution in [2.45, 2.75) is 13.5 Å². The molecule has 1 aliphatic heterocycles. The maximum atomic E-state index is 12.9. The number of halogens is 2. The molecule has 10 heteroatoms. The highest BCUT2D eigenvalue weighted by Crippen LogP contribution is 2.35. The second kappa shape index (κ2) is 12.2. The van der Waals surface area contributed by atoms with Crippen molar-refractivity contribution in [1.29, 1.82) is 0 Å². The van der Waals surface area contributed by atoms with Gasteiger partial charge in [-0.15, -0.1) is 0 Å². The number of anilines is 1. The molecular formula is C27H22Cl2N2O5S. The van der Waals surface area contributed by atoms with Gasteiger partial charge in [0.05, 0.1) is 18.1 Å². The van der Waals surface area contributed by atoms with Crippen molar-refractivity contribution in [2.24, 2.45) is 0 Å². The lowest BCUT2D eigenvalue weighted by Crippen LogP contribution is -2.27. The molecule has 0 unspecified atom stereocenters. The van der Waals surface area contributed by atoms with Crippen LogP contribution in [0.1, 0.15) is 18.1 Å². The van der Waals surface area contributed by atoms with E-state index in [9.17, 15) is 14.4 Å². The summed E-state index contributed by atoms with van der Waals surface area (Å²) in [7, 11) is 0. The third-order valence-electron chi connectivity index (χ3n) is 5.18. The van der Waals surface area contributed by atoms with Crippen LogP contribution in [0.3, 0.4) is 0 Å². The Kier molecular flexibility index (Phi) is 8.76. The van der Waals surface area contributed by atoms with E-state index in [1.165, 1.54) is 4.90 Å². The zero-order valence-corrected chi connectivity index (χ0v) is 22.0. The van der Waals surface area contributed by atoms with Crippen LogP contribution >= 0.6 is 35.0 Å². The maximum absolute atomic E-state index is 12.9. The van der Waals surface area contributed by atoms with Crippen LogP contribution < -0.4 is 14.8 Å². The van der Waals surface area contributed by atoms with Gasteiger partial charge in [-0.2, -0.15) is 0 Å². The van der Waals surface area contributed by atoms with Gasteiger partial charge in [0.15, 0.2) is 18.1 Å². The van der Waals surface area contributed by atoms with Crippen molar-refractivity contribution in [3.05, 3.63) is 92.8 Å². The van der Waals surface area contributed by atoms with Gasteiger partial charge in [0.2, 0.25) is 0 Å². The number of thioether (sulfide) groups is 1. The van der Waals surface area contributed by atoms with Crippen molar-refractivity contribution >= 4 is 63.8 Å². The summed E-state index contributed by atoms with van der Waals surface area (Å²) in [5, 5.41) is 3.54. The zero-order valence-electron chi connectivity index (χ0n) is 19.7. The molecule has 1 N–H and O–H groups in total. The summed E-state index contributed by atoms with van der Waals surface area (Å²) in [6.07, 6.45) is 1.63. The molecule has 1 heterocycles. The Labute approximate surface area is 228 Å². The molecule has 0 radical (unpaired) electrons. The number of imide groups is 1. The van der Waals surface area contributed by atoms with Crippen LogP contribution in [0.4, 0.5) is 10.5 Å². The van der Waals surface area contributed by atoms with Crippen molar-refractivity contribution in [1.82, 2.24) is 4.90 Å². The van der Waals surface area contributed by atoms with Crippen LogP contribution in [0.15, 0.2) is 71.6 Å². The van der Waals surface area contributed by atoms with E-state index in [0.717, 1.165) is 17.3 Å². The Balaban J connectivity index is 1.43. The molecule has 37 heavy (non-hydrogen) atoms. The highest BCUT2D eigenvalue weighted by Gasteiger charge is 2.35. The van der Waals surface area contributed by atoms with E-state index in [1.54, 1.807) is 72.8 Å². The standard InChI is InChI=1S/C27H22Cl2N2O5S/c1-2-35-23-13-18(5-12-22(23)36-16-25(32)30-21-10-8-20(29)9-11-21)14-24-26(33)31(27(34)37-24)15-17-3-6-19(28)7-4-17/h3-14H,2,15-16H2,1H3,(H,30,32)/b24-14-. The molecule has 0 atom stereocenters. The molecule has 0 spiro atoms. The van der Waals surface area contributed by atoms with E-state index in [2.05, 4.69) is 5.32 Å². The zero-order chi connectivity index (χ0) is 26.4. The van der Waals surface area contributed by atoms with E-state index in [1.807, 2.05) is 6.92 Å². The normalized spacial score (nSPS) is 14.2. The first-order valence-corrected chi connectivity index (χ1v) is 12.8. The van der Waals surface area contributed by atoms with Crippen molar-refractivity contribution in [3.8, 4) is 11.5 Å². The number of nitrogens with zero attached hydrogens (tertiary/aromatic N) is 1. The molecule has 1 aliphatic rings. The molecule has 0 bridgehead atoms. The average Bonchev–Trinajstić information content (AvgIpc) is 3.13. The fraction of sp³-hybridized carbons (Fsp3) is 0.148. The summed E-state index contributed by atoms with van der Waals surface area (Å²) < 4.78 is 11.4. The van der Waals surface area contributed by atoms with Crippen LogP contribution in [0.25, 0.3) is 6.08 Å². The van der Waals surface area contributed by atoms with E-state index in [0.29, 0.717) is 44.3 Å². The molecule has 3 amide bonds. The lowest BCUT2D eigenvalue weighted by atomic mass is 10.1. The third-order valence-corrected chi connectivity index (χ3v) is 6.59. The number of nitrogens with one attached hydrogen (secondary N) is 1. The Morgan fingerprint density at radius 2 is 1.62 bits per heavy atom. The summed E-state index contributed by atoms with van der Waals surface area (Å²) >= 11 is 12.7. The summed E-state index contributed by atoms with van der Waals surface area (Å²) in [5.74, 6) is 0.0716. The number of hydrogen-bond donors (Lipinski definition) is 1. The number of rotatable bonds is 9. The van der Waals surface area contributed by atoms with Gasteiger partial charge in [0.25, 0.3) is 17.1 Å². The van der Waals surface area contributed by atoms with Crippen LogP contribution in [0.5, 0.6) is 11.5 Å². The second-order valence-electron chi connectivity index (χ2n) is 7.88. The molecule has 190 valence electrons. The molecule has 0 aliphatic carbocycles. The van der Waals surface area contributed by atoms with Gasteiger partial charge < -0.3 is 14.8 Å². The van der Waals surface area contributed by atoms with Crippen LogP contribution in [0, 0.1) is 0 Å². The molecule has 7 nitrogen and oxygen atoms in total. The van der Waals surface area contributed by atoms with Gasteiger partial charge in [0.1, 0.15) is 0 Å². The molecule has 3 aromatic carbocycles. The first-order chi connectivity index (χ1) is 17.8. The smallest absolute Gasteiger partial charge is 0.293 e. The summed E-state index contributed by atoms with van der Waals surface area (Å²) in [6.45, 7) is 2.13. The van der Waals surface area contributed by atoms with E-state index < -0.39 is 0 Å². The third kappa shape index (κ3) is 7.07. The van der Waals surface area contributed by atoms with Crippen LogP contribution in [0.2, 0.25) is 10.0 Å². The lowest BCUT2D eigenvalue weighted by molar-refractivity contribution is -0.123. The largest absolute Gasteiger partial charge is 0.490 e. The molecule has 0 saturated carbocycles. The molecule has 0 aromatic heterocycles. The Hall–Kier alpha value is -3.46. The molecule has 1 fully saturated rings. The predicted octanol–water partition coefficient (Wildman–Crippen LogP) is 6.65. The SMILES string of the molecule is CCOc1cc(/C=C2\SC(=O)N(Cc3ccc(Cl)cc3)C2=O)ccc1OCC(=O)Nc1ccc(Cl)cc1. The monoisotopic (exact) mass is 556 g/mol. The van der Waals surface area contributed by atoms with E-state index in [4.69, 9.17) is 32.7 Å². The summed E-state index contributed by atoms with van der Waals surface area (Å²) in [4.78, 5) is 39.2. The summed E-state index contributed by atoms with van der Waals surface area (Å²) in [6, 6.07) is 18.8. The lowest BCUT2D eigenvalue weighted by Gasteiger charge is -2.13. The minimum Gasteiger partial charge on any atom is -0.490 e. The summed E-state index contributed by atoms with van der Waals surface area (Å²) in [5.41, 5.74) is 2.05. The maximum Gasteiger partial charge on any atom is 0.293 e. The predicted molar refractivity (Wildman–Crippen MR) is 146 cm³/mol. The quantitative estimate of drug-likeness (QED) is 0.297. The fourth-order valence-electron chi connectivity index (χ4n) is 3.44. The van der Waals surface area contributed by atoms with Gasteiger partial charge in [-0.05, 0) is 84.4 Å². The molecular weight excluding hydrogens is 535 g/mol. The molecule has 1 saturated heterocycles. The first kappa shape index (κ1) is 26.6. The average molecular weight is 557 g/mol. The number of amides is 3. The van der Waals surface area contributed by atoms with Gasteiger partial charge in [-0.25, -0.2) is 0 Å². The van der Waals surface area contributed by atoms with Crippen LogP contribution in [-0.2, 0) is 16.1 Å². The van der Waals surface area contributed by atoms with Gasteiger partial charge >= 0.3 is 0 Å². The topological polar surface area (TPSA) is 84.9 Å². The number of carbonyl (C=O) groups is 3. The fourth-order valence-corrected chi connectivity index (χ4v) is 4.53. The van der Waals surface area contributed by atoms with Gasteiger partial charge in [-0.1, -0.05) is 41.4 Å².